The van der Waals surface area contributed by atoms with Gasteiger partial charge < -0.3 is 5.32 Å². The van der Waals surface area contributed by atoms with E-state index in [2.05, 4.69) is 5.32 Å². The summed E-state index contributed by atoms with van der Waals surface area (Å²) in [5.41, 5.74) is -0.644. The van der Waals surface area contributed by atoms with Crippen LogP contribution in [0.5, 0.6) is 0 Å². The van der Waals surface area contributed by atoms with Crippen molar-refractivity contribution in [2.75, 3.05) is 5.32 Å². The van der Waals surface area contributed by atoms with Crippen LogP contribution in [0.25, 0.3) is 0 Å². The molecular formula is C17H12F6N2O2S. The van der Waals surface area contributed by atoms with Crippen LogP contribution in [0.3, 0.4) is 0 Å². The Morgan fingerprint density at radius 2 is 1.68 bits per heavy atom. The highest BCUT2D eigenvalue weighted by Crippen LogP contribution is 2.41. The SMILES string of the molecule is Cc1cc(SC(F)(F)C(F)F)ccc1NC(=O)NC(=O)c1c(F)cccc1F. The average molecular weight is 422 g/mol. The van der Waals surface area contributed by atoms with Gasteiger partial charge in [-0.2, -0.15) is 8.78 Å². The van der Waals surface area contributed by atoms with Crippen LogP contribution in [0.1, 0.15) is 15.9 Å². The van der Waals surface area contributed by atoms with Crippen molar-refractivity contribution >= 4 is 29.4 Å². The molecule has 0 atom stereocenters. The van der Waals surface area contributed by atoms with Crippen LogP contribution in [-0.4, -0.2) is 23.6 Å². The zero-order valence-electron chi connectivity index (χ0n) is 14.0. The molecule has 11 heteroatoms. The van der Waals surface area contributed by atoms with E-state index >= 15 is 0 Å². The minimum absolute atomic E-state index is 0.0732. The molecule has 0 aliphatic heterocycles. The number of aryl methyl sites for hydroxylation is 1. The van der Waals surface area contributed by atoms with Crippen molar-refractivity contribution in [2.24, 2.45) is 0 Å². The largest absolute Gasteiger partial charge is 0.357 e. The lowest BCUT2D eigenvalue weighted by Gasteiger charge is -2.16. The number of rotatable bonds is 5. The number of alkyl halides is 4. The number of hydrogen-bond donors (Lipinski definition) is 2. The molecule has 0 fully saturated rings. The van der Waals surface area contributed by atoms with E-state index in [1.165, 1.54) is 6.92 Å². The normalized spacial score (nSPS) is 11.4. The number of hydrogen-bond acceptors (Lipinski definition) is 3. The first-order valence-corrected chi connectivity index (χ1v) is 8.35. The third-order valence-electron chi connectivity index (χ3n) is 3.37. The van der Waals surface area contributed by atoms with Crippen molar-refractivity contribution in [2.45, 2.75) is 23.5 Å². The molecule has 0 aliphatic carbocycles. The molecule has 0 saturated heterocycles. The quantitative estimate of drug-likeness (QED) is 0.515. The lowest BCUT2D eigenvalue weighted by Crippen LogP contribution is -2.35. The van der Waals surface area contributed by atoms with E-state index in [9.17, 15) is 35.9 Å². The molecule has 150 valence electrons. The van der Waals surface area contributed by atoms with E-state index < -0.39 is 40.8 Å². The number of nitrogens with one attached hydrogen (secondary N) is 2. The lowest BCUT2D eigenvalue weighted by atomic mass is 10.2. The highest BCUT2D eigenvalue weighted by atomic mass is 32.2. The van der Waals surface area contributed by atoms with Gasteiger partial charge in [0.25, 0.3) is 5.91 Å². The van der Waals surface area contributed by atoms with Crippen LogP contribution >= 0.6 is 11.8 Å². The smallest absolute Gasteiger partial charge is 0.307 e. The standard InChI is InChI=1S/C17H12F6N2O2S/c1-8-7-9(28-17(22,23)15(20)21)5-6-12(8)24-16(27)25-14(26)13-10(18)3-2-4-11(13)19/h2-7,15H,1H3,(H2,24,25,26,27). The van der Waals surface area contributed by atoms with Gasteiger partial charge in [-0.1, -0.05) is 6.07 Å². The zero-order chi connectivity index (χ0) is 21.1. The summed E-state index contributed by atoms with van der Waals surface area (Å²) < 4.78 is 77.7. The molecule has 0 radical (unpaired) electrons. The Balaban J connectivity index is 2.07. The minimum atomic E-state index is -4.28. The maximum Gasteiger partial charge on any atom is 0.357 e. The number of amides is 3. The summed E-state index contributed by atoms with van der Waals surface area (Å²) in [5.74, 6) is -3.65. The summed E-state index contributed by atoms with van der Waals surface area (Å²) in [7, 11) is 0. The first-order chi connectivity index (χ1) is 13.0. The molecule has 4 nitrogen and oxygen atoms in total. The van der Waals surface area contributed by atoms with Gasteiger partial charge >= 0.3 is 17.7 Å². The molecule has 3 amide bonds. The van der Waals surface area contributed by atoms with Gasteiger partial charge in [0.1, 0.15) is 17.2 Å². The first-order valence-electron chi connectivity index (χ1n) is 7.53. The van der Waals surface area contributed by atoms with E-state index in [1.54, 1.807) is 5.32 Å². The van der Waals surface area contributed by atoms with Gasteiger partial charge in [-0.3, -0.25) is 10.1 Å². The fourth-order valence-electron chi connectivity index (χ4n) is 2.08. The van der Waals surface area contributed by atoms with Gasteiger partial charge in [0.15, 0.2) is 0 Å². The fourth-order valence-corrected chi connectivity index (χ4v) is 2.85. The van der Waals surface area contributed by atoms with Crippen LogP contribution in [0, 0.1) is 18.6 Å². The van der Waals surface area contributed by atoms with Crippen LogP contribution in [0.2, 0.25) is 0 Å². The third-order valence-corrected chi connectivity index (χ3v) is 4.31. The molecule has 2 rings (SSSR count). The van der Waals surface area contributed by atoms with Crippen LogP contribution < -0.4 is 10.6 Å². The molecule has 2 N–H and O–H groups in total. The van der Waals surface area contributed by atoms with Gasteiger partial charge in [-0.25, -0.2) is 22.4 Å². The number of anilines is 1. The van der Waals surface area contributed by atoms with Crippen LogP contribution in [0.4, 0.5) is 36.8 Å². The monoisotopic (exact) mass is 422 g/mol. The summed E-state index contributed by atoms with van der Waals surface area (Å²) in [6, 6.07) is 4.96. The maximum absolute atomic E-state index is 13.5. The number of carbonyl (C=O) groups is 2. The molecule has 0 aliphatic rings. The second-order valence-electron chi connectivity index (χ2n) is 5.45. The molecule has 0 unspecified atom stereocenters. The maximum atomic E-state index is 13.5. The Labute approximate surface area is 159 Å². The Morgan fingerprint density at radius 1 is 1.07 bits per heavy atom. The fraction of sp³-hybridized carbons (Fsp3) is 0.176. The minimum Gasteiger partial charge on any atom is -0.307 e. The number of carbonyl (C=O) groups excluding carboxylic acids is 2. The van der Waals surface area contributed by atoms with Gasteiger partial charge in [0.05, 0.1) is 0 Å². The van der Waals surface area contributed by atoms with Crippen LogP contribution in [0.15, 0.2) is 41.3 Å². The van der Waals surface area contributed by atoms with E-state index in [4.69, 9.17) is 0 Å². The van der Waals surface area contributed by atoms with Gasteiger partial charge in [0.2, 0.25) is 0 Å². The molecule has 2 aromatic rings. The molecule has 0 heterocycles. The van der Waals surface area contributed by atoms with E-state index in [0.29, 0.717) is 0 Å². The molecule has 0 saturated carbocycles. The van der Waals surface area contributed by atoms with Gasteiger partial charge in [0, 0.05) is 10.6 Å². The number of imide groups is 1. The summed E-state index contributed by atoms with van der Waals surface area (Å²) in [6.45, 7) is 1.40. The van der Waals surface area contributed by atoms with Gasteiger partial charge in [-0.15, -0.1) is 0 Å². The van der Waals surface area contributed by atoms with Gasteiger partial charge in [-0.05, 0) is 54.6 Å². The predicted octanol–water partition coefficient (Wildman–Crippen LogP) is 5.19. The van der Waals surface area contributed by atoms with E-state index in [0.717, 1.165) is 36.4 Å². The molecule has 2 aromatic carbocycles. The van der Waals surface area contributed by atoms with E-state index in [1.807, 2.05) is 0 Å². The Hall–Kier alpha value is -2.69. The second kappa shape index (κ2) is 8.55. The Kier molecular flexibility index (Phi) is 6.60. The van der Waals surface area contributed by atoms with E-state index in [-0.39, 0.29) is 27.9 Å². The summed E-state index contributed by atoms with van der Waals surface area (Å²) in [5, 5.41) is -0.353. The van der Waals surface area contributed by atoms with Crippen molar-refractivity contribution in [1.29, 1.82) is 0 Å². The number of thioether (sulfide) groups is 1. The highest BCUT2D eigenvalue weighted by molar-refractivity contribution is 8.00. The first kappa shape index (κ1) is 21.6. The molecule has 28 heavy (non-hydrogen) atoms. The summed E-state index contributed by atoms with van der Waals surface area (Å²) >= 11 is -0.342. The van der Waals surface area contributed by atoms with Crippen molar-refractivity contribution in [3.63, 3.8) is 0 Å². The van der Waals surface area contributed by atoms with Crippen LogP contribution in [-0.2, 0) is 0 Å². The zero-order valence-corrected chi connectivity index (χ0v) is 14.9. The molecule has 0 spiro atoms. The average Bonchev–Trinajstić information content (AvgIpc) is 2.56. The summed E-state index contributed by atoms with van der Waals surface area (Å²) in [4.78, 5) is 23.5. The number of urea groups is 1. The topological polar surface area (TPSA) is 58.2 Å². The van der Waals surface area contributed by atoms with Crippen molar-refractivity contribution in [3.8, 4) is 0 Å². The summed E-state index contributed by atoms with van der Waals surface area (Å²) in [6.07, 6.45) is -3.86. The van der Waals surface area contributed by atoms with Crippen molar-refractivity contribution in [1.82, 2.24) is 5.32 Å². The predicted molar refractivity (Wildman–Crippen MR) is 90.8 cm³/mol. The molecule has 0 bridgehead atoms. The lowest BCUT2D eigenvalue weighted by molar-refractivity contribution is -0.0563. The Bertz CT molecular complexity index is 887. The molecular weight excluding hydrogens is 410 g/mol. The Morgan fingerprint density at radius 3 is 2.21 bits per heavy atom. The van der Waals surface area contributed by atoms with Crippen molar-refractivity contribution in [3.05, 3.63) is 59.2 Å². The highest BCUT2D eigenvalue weighted by Gasteiger charge is 2.42. The van der Waals surface area contributed by atoms with Crippen molar-refractivity contribution < 1.29 is 35.9 Å². The number of benzene rings is 2. The molecule has 0 aromatic heterocycles. The second-order valence-corrected chi connectivity index (χ2v) is 6.67. The number of halogens is 6. The third kappa shape index (κ3) is 5.18.